The molecule has 0 amide bonds. The zero-order valence-corrected chi connectivity index (χ0v) is 14.4. The van der Waals surface area contributed by atoms with Gasteiger partial charge >= 0.3 is 0 Å². The molecule has 5 nitrogen and oxygen atoms in total. The molecule has 0 bridgehead atoms. The Hall–Kier alpha value is -0.200. The molecule has 0 aromatic rings. The van der Waals surface area contributed by atoms with Crippen molar-refractivity contribution in [1.29, 1.82) is 0 Å². The van der Waals surface area contributed by atoms with Gasteiger partial charge in [-0.2, -0.15) is 0 Å². The van der Waals surface area contributed by atoms with Gasteiger partial charge in [0.2, 0.25) is 0 Å². The van der Waals surface area contributed by atoms with Gasteiger partial charge < -0.3 is 24.4 Å². The van der Waals surface area contributed by atoms with Crippen LogP contribution in [0.2, 0.25) is 0 Å². The van der Waals surface area contributed by atoms with E-state index in [1.165, 1.54) is 25.8 Å². The molecule has 2 aliphatic rings. The predicted molar refractivity (Wildman–Crippen MR) is 88.1 cm³/mol. The molecule has 2 atom stereocenters. The second kappa shape index (κ2) is 9.83. The lowest BCUT2D eigenvalue weighted by Gasteiger charge is -2.33. The molecule has 22 heavy (non-hydrogen) atoms. The highest BCUT2D eigenvalue weighted by molar-refractivity contribution is 4.75. The van der Waals surface area contributed by atoms with Crippen LogP contribution in [-0.4, -0.2) is 87.2 Å². The van der Waals surface area contributed by atoms with Crippen LogP contribution in [0.4, 0.5) is 0 Å². The van der Waals surface area contributed by atoms with Crippen molar-refractivity contribution in [2.75, 3.05) is 60.1 Å². The molecule has 2 rings (SSSR count). The summed E-state index contributed by atoms with van der Waals surface area (Å²) in [4.78, 5) is 4.65. The zero-order valence-electron chi connectivity index (χ0n) is 14.4. The molecule has 0 spiro atoms. The van der Waals surface area contributed by atoms with Crippen molar-refractivity contribution >= 4 is 0 Å². The number of hydrogen-bond donors (Lipinski definition) is 1. The maximum Gasteiger partial charge on any atom is 0.0900 e. The molecule has 0 radical (unpaired) electrons. The molecular formula is C17H34N2O3. The van der Waals surface area contributed by atoms with E-state index in [4.69, 9.17) is 9.47 Å². The summed E-state index contributed by atoms with van der Waals surface area (Å²) in [5, 5.41) is 10.1. The summed E-state index contributed by atoms with van der Waals surface area (Å²) >= 11 is 0. The van der Waals surface area contributed by atoms with Crippen LogP contribution in [0.3, 0.4) is 0 Å². The molecule has 2 unspecified atom stereocenters. The van der Waals surface area contributed by atoms with Gasteiger partial charge in [-0.05, 0) is 71.8 Å². The molecular weight excluding hydrogens is 280 g/mol. The Labute approximate surface area is 135 Å². The van der Waals surface area contributed by atoms with Crippen LogP contribution in [-0.2, 0) is 9.47 Å². The van der Waals surface area contributed by atoms with Crippen molar-refractivity contribution in [2.24, 2.45) is 5.92 Å². The smallest absolute Gasteiger partial charge is 0.0900 e. The molecule has 0 saturated carbocycles. The first-order valence-electron chi connectivity index (χ1n) is 8.88. The van der Waals surface area contributed by atoms with Gasteiger partial charge in [-0.3, -0.25) is 0 Å². The number of β-amino-alcohol motifs (C(OH)–C–C–N with tert-alkyl or cyclic N) is 1. The fourth-order valence-corrected chi connectivity index (χ4v) is 3.36. The minimum Gasteiger partial charge on any atom is -0.389 e. The fourth-order valence-electron chi connectivity index (χ4n) is 3.36. The summed E-state index contributed by atoms with van der Waals surface area (Å²) in [5.74, 6) is 0.853. The van der Waals surface area contributed by atoms with Crippen LogP contribution in [0, 0.1) is 5.92 Å². The van der Waals surface area contributed by atoms with Crippen molar-refractivity contribution < 1.29 is 14.6 Å². The topological polar surface area (TPSA) is 45.2 Å². The van der Waals surface area contributed by atoms with Crippen molar-refractivity contribution in [2.45, 2.75) is 44.3 Å². The van der Waals surface area contributed by atoms with Crippen LogP contribution >= 0.6 is 0 Å². The summed E-state index contributed by atoms with van der Waals surface area (Å²) < 4.78 is 11.1. The Morgan fingerprint density at radius 1 is 1.27 bits per heavy atom. The molecule has 0 aromatic heterocycles. The second-order valence-corrected chi connectivity index (χ2v) is 7.16. The van der Waals surface area contributed by atoms with Gasteiger partial charge in [-0.1, -0.05) is 0 Å². The lowest BCUT2D eigenvalue weighted by molar-refractivity contribution is -0.0275. The first-order chi connectivity index (χ1) is 10.6. The number of piperidine rings is 1. The number of nitrogens with zero attached hydrogens (tertiary/aromatic N) is 2. The Kier molecular flexibility index (Phi) is 8.11. The minimum absolute atomic E-state index is 0.250. The highest BCUT2D eigenvalue weighted by atomic mass is 16.5. The molecule has 0 aromatic carbocycles. The van der Waals surface area contributed by atoms with Crippen molar-refractivity contribution in [3.05, 3.63) is 0 Å². The van der Waals surface area contributed by atoms with E-state index in [1.54, 1.807) is 0 Å². The molecule has 1 N–H and O–H groups in total. The standard InChI is InChI=1S/C17H34N2O3/c1-18(2)8-5-15-6-9-19(10-7-15)12-16(20)13-21-14-17-4-3-11-22-17/h15-17,20H,3-14H2,1-2H3. The van der Waals surface area contributed by atoms with Gasteiger partial charge in [-0.15, -0.1) is 0 Å². The van der Waals surface area contributed by atoms with E-state index in [1.807, 2.05) is 0 Å². The van der Waals surface area contributed by atoms with E-state index in [0.29, 0.717) is 13.2 Å². The highest BCUT2D eigenvalue weighted by Crippen LogP contribution is 2.20. The van der Waals surface area contributed by atoms with E-state index in [9.17, 15) is 5.11 Å². The molecule has 0 aliphatic carbocycles. The van der Waals surface area contributed by atoms with Crippen LogP contribution in [0.15, 0.2) is 0 Å². The molecule has 2 aliphatic heterocycles. The van der Waals surface area contributed by atoms with Crippen molar-refractivity contribution in [3.63, 3.8) is 0 Å². The molecule has 2 fully saturated rings. The Bertz CT molecular complexity index is 288. The fraction of sp³-hybridized carbons (Fsp3) is 1.00. The van der Waals surface area contributed by atoms with Crippen molar-refractivity contribution in [1.82, 2.24) is 9.80 Å². The maximum atomic E-state index is 10.1. The molecule has 2 saturated heterocycles. The van der Waals surface area contributed by atoms with E-state index in [2.05, 4.69) is 23.9 Å². The molecule has 2 heterocycles. The third-order valence-electron chi connectivity index (χ3n) is 4.80. The SMILES string of the molecule is CN(C)CCC1CCN(CC(O)COCC2CCCO2)CC1. The quantitative estimate of drug-likeness (QED) is 0.693. The zero-order chi connectivity index (χ0) is 15.8. The van der Waals surface area contributed by atoms with E-state index >= 15 is 0 Å². The van der Waals surface area contributed by atoms with Gasteiger partial charge in [0.25, 0.3) is 0 Å². The van der Waals surface area contributed by atoms with Gasteiger partial charge in [0.1, 0.15) is 0 Å². The van der Waals surface area contributed by atoms with E-state index in [0.717, 1.165) is 45.0 Å². The third-order valence-corrected chi connectivity index (χ3v) is 4.80. The van der Waals surface area contributed by atoms with Crippen LogP contribution in [0.1, 0.15) is 32.1 Å². The number of likely N-dealkylation sites (tertiary alicyclic amines) is 1. The lowest BCUT2D eigenvalue weighted by Crippen LogP contribution is -2.40. The Balaban J connectivity index is 1.51. The normalized spacial score (nSPS) is 25.9. The predicted octanol–water partition coefficient (Wildman–Crippen LogP) is 1.21. The summed E-state index contributed by atoms with van der Waals surface area (Å²) in [6.45, 7) is 6.07. The second-order valence-electron chi connectivity index (χ2n) is 7.16. The number of ether oxygens (including phenoxy) is 2. The lowest BCUT2D eigenvalue weighted by atomic mass is 9.93. The maximum absolute atomic E-state index is 10.1. The summed E-state index contributed by atoms with van der Waals surface area (Å²) in [6, 6.07) is 0. The molecule has 130 valence electrons. The van der Waals surface area contributed by atoms with Gasteiger partial charge in [0, 0.05) is 13.2 Å². The summed E-state index contributed by atoms with van der Waals surface area (Å²) in [7, 11) is 4.28. The van der Waals surface area contributed by atoms with Gasteiger partial charge in [-0.25, -0.2) is 0 Å². The van der Waals surface area contributed by atoms with Gasteiger partial charge in [0.15, 0.2) is 0 Å². The van der Waals surface area contributed by atoms with Gasteiger partial charge in [0.05, 0.1) is 25.4 Å². The third kappa shape index (κ3) is 6.92. The first kappa shape index (κ1) is 18.1. The number of rotatable bonds is 9. The van der Waals surface area contributed by atoms with Crippen LogP contribution in [0.5, 0.6) is 0 Å². The van der Waals surface area contributed by atoms with Crippen LogP contribution in [0.25, 0.3) is 0 Å². The molecule has 5 heteroatoms. The first-order valence-corrected chi connectivity index (χ1v) is 8.88. The average Bonchev–Trinajstić information content (AvgIpc) is 3.00. The van der Waals surface area contributed by atoms with Crippen LogP contribution < -0.4 is 0 Å². The monoisotopic (exact) mass is 314 g/mol. The summed E-state index contributed by atoms with van der Waals surface area (Å²) in [5.41, 5.74) is 0. The Morgan fingerprint density at radius 2 is 2.05 bits per heavy atom. The van der Waals surface area contributed by atoms with E-state index in [-0.39, 0.29) is 12.2 Å². The minimum atomic E-state index is -0.375. The van der Waals surface area contributed by atoms with E-state index < -0.39 is 0 Å². The summed E-state index contributed by atoms with van der Waals surface area (Å²) in [6.07, 6.45) is 5.93. The number of aliphatic hydroxyl groups excluding tert-OH is 1. The largest absolute Gasteiger partial charge is 0.389 e. The van der Waals surface area contributed by atoms with Crippen molar-refractivity contribution in [3.8, 4) is 0 Å². The average molecular weight is 314 g/mol. The Morgan fingerprint density at radius 3 is 2.68 bits per heavy atom. The number of hydrogen-bond acceptors (Lipinski definition) is 5. The number of aliphatic hydroxyl groups is 1. The highest BCUT2D eigenvalue weighted by Gasteiger charge is 2.21.